The fourth-order valence-electron chi connectivity index (χ4n) is 4.47. The van der Waals surface area contributed by atoms with E-state index in [0.29, 0.717) is 118 Å². The van der Waals surface area contributed by atoms with Gasteiger partial charge in [-0.1, -0.05) is 12.1 Å². The Morgan fingerprint density at radius 3 is 1.23 bits per heavy atom. The van der Waals surface area contributed by atoms with Gasteiger partial charge in [0.2, 0.25) is 0 Å². The molecule has 0 saturated carbocycles. The lowest BCUT2D eigenvalue weighted by molar-refractivity contribution is -0.131. The number of hydrogen-bond donors (Lipinski definition) is 0. The first-order valence-electron chi connectivity index (χ1n) is 18.6. The van der Waals surface area contributed by atoms with Crippen molar-refractivity contribution >= 4 is 17.9 Å². The van der Waals surface area contributed by atoms with Crippen LogP contribution in [0, 0.1) is 0 Å². The molecule has 0 spiro atoms. The van der Waals surface area contributed by atoms with Crippen LogP contribution in [0.2, 0.25) is 0 Å². The summed E-state index contributed by atoms with van der Waals surface area (Å²) in [5.74, 6) is -1.21. The molecular formula is C39H59NO13. The number of rotatable bonds is 35. The zero-order valence-corrected chi connectivity index (χ0v) is 31.3. The fourth-order valence-corrected chi connectivity index (χ4v) is 4.47. The van der Waals surface area contributed by atoms with Gasteiger partial charge >= 0.3 is 17.9 Å². The van der Waals surface area contributed by atoms with Crippen LogP contribution in [0.3, 0.4) is 0 Å². The van der Waals surface area contributed by atoms with Crippen molar-refractivity contribution in [1.29, 1.82) is 0 Å². The molecule has 0 aliphatic carbocycles. The van der Waals surface area contributed by atoms with E-state index in [4.69, 9.17) is 47.4 Å². The van der Waals surface area contributed by atoms with Crippen molar-refractivity contribution in [1.82, 2.24) is 4.98 Å². The molecule has 1 aromatic carbocycles. The van der Waals surface area contributed by atoms with Crippen molar-refractivity contribution in [3.8, 4) is 5.75 Å². The molecule has 1 heterocycles. The third kappa shape index (κ3) is 26.0. The molecule has 2 rings (SSSR count). The summed E-state index contributed by atoms with van der Waals surface area (Å²) in [5.41, 5.74) is 0.666. The molecule has 14 heteroatoms. The van der Waals surface area contributed by atoms with Crippen LogP contribution in [0.25, 0.3) is 0 Å². The highest BCUT2D eigenvalue weighted by atomic mass is 16.6. The molecule has 53 heavy (non-hydrogen) atoms. The number of nitrogens with zero attached hydrogens (tertiary/aromatic N) is 1. The third-order valence-corrected chi connectivity index (χ3v) is 7.05. The average molecular weight is 750 g/mol. The van der Waals surface area contributed by atoms with Gasteiger partial charge in [0.05, 0.1) is 18.8 Å². The lowest BCUT2D eigenvalue weighted by Gasteiger charge is -2.09. The normalized spacial score (nSPS) is 11.0. The van der Waals surface area contributed by atoms with E-state index in [1.807, 2.05) is 0 Å². The monoisotopic (exact) mass is 749 g/mol. The predicted molar refractivity (Wildman–Crippen MR) is 195 cm³/mol. The van der Waals surface area contributed by atoms with Crippen LogP contribution in [0.15, 0.2) is 48.8 Å². The number of carbonyl (C=O) groups excluding carboxylic acids is 3. The molecule has 1 aromatic heterocycles. The summed E-state index contributed by atoms with van der Waals surface area (Å²) in [6.45, 7) is 10.5. The average Bonchev–Trinajstić information content (AvgIpc) is 3.16. The minimum atomic E-state index is -0.537. The molecule has 0 amide bonds. The van der Waals surface area contributed by atoms with Crippen molar-refractivity contribution in [2.45, 2.75) is 58.3 Å². The van der Waals surface area contributed by atoms with Crippen LogP contribution < -0.4 is 4.74 Å². The Balaban J connectivity index is 1.19. The van der Waals surface area contributed by atoms with Gasteiger partial charge in [0, 0.05) is 125 Å². The summed E-state index contributed by atoms with van der Waals surface area (Å²) in [7, 11) is 0. The summed E-state index contributed by atoms with van der Waals surface area (Å²) < 4.78 is 54.7. The number of para-hydroxylation sites is 1. The zero-order chi connectivity index (χ0) is 37.9. The Hall–Kier alpha value is -3.50. The highest BCUT2D eigenvalue weighted by molar-refractivity contribution is 5.93. The molecule has 2 aromatic rings. The van der Waals surface area contributed by atoms with Crippen molar-refractivity contribution in [2.75, 3.05) is 106 Å². The van der Waals surface area contributed by atoms with Crippen molar-refractivity contribution in [3.05, 3.63) is 59.9 Å². The van der Waals surface area contributed by atoms with Crippen molar-refractivity contribution < 1.29 is 61.8 Å². The second-order valence-corrected chi connectivity index (χ2v) is 11.7. The van der Waals surface area contributed by atoms with Gasteiger partial charge in [0.15, 0.2) is 0 Å². The van der Waals surface area contributed by atoms with E-state index in [0.717, 1.165) is 38.5 Å². The molecule has 0 atom stereocenters. The number of hydrogen-bond acceptors (Lipinski definition) is 14. The maximum atomic E-state index is 12.2. The second kappa shape index (κ2) is 33.1. The number of benzene rings is 1. The Bertz CT molecular complexity index is 1200. The lowest BCUT2D eigenvalue weighted by Crippen LogP contribution is -2.12. The molecule has 0 N–H and O–H groups in total. The molecular weight excluding hydrogens is 690 g/mol. The number of ether oxygens (including phenoxy) is 10. The summed E-state index contributed by atoms with van der Waals surface area (Å²) in [6, 6.07) is 9.85. The van der Waals surface area contributed by atoms with Gasteiger partial charge in [0.25, 0.3) is 0 Å². The lowest BCUT2D eigenvalue weighted by atomic mass is 10.2. The van der Waals surface area contributed by atoms with Crippen LogP contribution in [0.4, 0.5) is 0 Å². The molecule has 0 saturated heterocycles. The number of pyridine rings is 1. The van der Waals surface area contributed by atoms with Crippen LogP contribution in [-0.2, 0) is 47.4 Å². The number of carbonyl (C=O) groups is 3. The van der Waals surface area contributed by atoms with Crippen LogP contribution in [-0.4, -0.2) is 129 Å². The van der Waals surface area contributed by atoms with Gasteiger partial charge in [-0.2, -0.15) is 0 Å². The minimum absolute atomic E-state index is 0.187. The van der Waals surface area contributed by atoms with E-state index in [9.17, 15) is 14.4 Å². The third-order valence-electron chi connectivity index (χ3n) is 7.05. The maximum Gasteiger partial charge on any atom is 0.341 e. The Morgan fingerprint density at radius 2 is 0.849 bits per heavy atom. The molecule has 298 valence electrons. The fraction of sp³-hybridized carbons (Fsp3) is 0.641. The first-order valence-corrected chi connectivity index (χ1v) is 18.6. The molecule has 0 aliphatic rings. The van der Waals surface area contributed by atoms with Gasteiger partial charge in [-0.15, -0.1) is 0 Å². The van der Waals surface area contributed by atoms with Crippen molar-refractivity contribution in [2.24, 2.45) is 0 Å². The number of aromatic nitrogens is 1. The highest BCUT2D eigenvalue weighted by Crippen LogP contribution is 2.19. The molecule has 0 bridgehead atoms. The standard InChI is InChI=1S/C39H59NO13/c1-34(41)53-37-15-3-2-14-36(37)39(43)52-32-12-30-50-28-10-26-48-24-8-22-46-20-6-18-44-17-5-19-45-21-7-23-47-25-9-27-49-29-11-31-51-38(42)35-13-4-16-40-33-35/h2-4,13-16,33H,5-12,17-32H2,1H3. The molecule has 0 radical (unpaired) electrons. The van der Waals surface area contributed by atoms with E-state index in [1.54, 1.807) is 42.6 Å². The van der Waals surface area contributed by atoms with E-state index in [2.05, 4.69) is 4.98 Å². The number of esters is 3. The molecule has 0 unspecified atom stereocenters. The smallest absolute Gasteiger partial charge is 0.341 e. The Labute approximate surface area is 314 Å². The topological polar surface area (TPSA) is 156 Å². The van der Waals surface area contributed by atoms with Gasteiger partial charge < -0.3 is 47.4 Å². The van der Waals surface area contributed by atoms with Gasteiger partial charge in [-0.25, -0.2) is 9.59 Å². The zero-order valence-electron chi connectivity index (χ0n) is 31.3. The summed E-state index contributed by atoms with van der Waals surface area (Å²) in [5, 5.41) is 0. The first kappa shape index (κ1) is 45.7. The Kier molecular flexibility index (Phi) is 28.5. The quantitative estimate of drug-likeness (QED) is 0.0511. The molecule has 0 fully saturated rings. The van der Waals surface area contributed by atoms with Crippen LogP contribution in [0.5, 0.6) is 5.75 Å². The van der Waals surface area contributed by atoms with E-state index in [-0.39, 0.29) is 23.9 Å². The highest BCUT2D eigenvalue weighted by Gasteiger charge is 2.14. The minimum Gasteiger partial charge on any atom is -0.462 e. The van der Waals surface area contributed by atoms with Crippen LogP contribution in [0.1, 0.15) is 79.0 Å². The largest absolute Gasteiger partial charge is 0.462 e. The predicted octanol–water partition coefficient (Wildman–Crippen LogP) is 5.26. The van der Waals surface area contributed by atoms with E-state index in [1.165, 1.54) is 13.1 Å². The van der Waals surface area contributed by atoms with Gasteiger partial charge in [-0.3, -0.25) is 9.78 Å². The molecule has 0 aliphatic heterocycles. The van der Waals surface area contributed by atoms with E-state index >= 15 is 0 Å². The maximum absolute atomic E-state index is 12.2. The SMILES string of the molecule is CC(=O)Oc1ccccc1C(=O)OCCCOCCCOCCCOCCCOCCCOCCCOCCCOCCCOC(=O)c1cccnc1. The first-order chi connectivity index (χ1) is 26.1. The van der Waals surface area contributed by atoms with Gasteiger partial charge in [0.1, 0.15) is 11.3 Å². The van der Waals surface area contributed by atoms with Crippen molar-refractivity contribution in [3.63, 3.8) is 0 Å². The summed E-state index contributed by atoms with van der Waals surface area (Å²) >= 11 is 0. The van der Waals surface area contributed by atoms with Crippen LogP contribution >= 0.6 is 0 Å². The van der Waals surface area contributed by atoms with Gasteiger partial charge in [-0.05, 0) is 62.8 Å². The van der Waals surface area contributed by atoms with E-state index < -0.39 is 11.9 Å². The summed E-state index contributed by atoms with van der Waals surface area (Å²) in [4.78, 5) is 39.1. The summed E-state index contributed by atoms with van der Waals surface area (Å²) in [6.07, 6.45) is 9.30. The molecule has 14 nitrogen and oxygen atoms in total. The second-order valence-electron chi connectivity index (χ2n) is 11.7. The Morgan fingerprint density at radius 1 is 0.472 bits per heavy atom.